The molecule has 0 aliphatic heterocycles. The van der Waals surface area contributed by atoms with Crippen LogP contribution in [0, 0.1) is 23.2 Å². The molecule has 4 aliphatic rings. The average Bonchev–Trinajstić information content (AvgIpc) is 2.46. The Bertz CT molecular complexity index is 581. The Labute approximate surface area is 140 Å². The van der Waals surface area contributed by atoms with Gasteiger partial charge in [-0.25, -0.2) is 4.98 Å². The quantitative estimate of drug-likeness (QED) is 0.833. The highest BCUT2D eigenvalue weighted by Crippen LogP contribution is 2.59. The van der Waals surface area contributed by atoms with Crippen LogP contribution in [0.3, 0.4) is 0 Å². The van der Waals surface area contributed by atoms with Gasteiger partial charge in [-0.3, -0.25) is 4.79 Å². The highest BCUT2D eigenvalue weighted by molar-refractivity contribution is 6.34. The summed E-state index contributed by atoms with van der Waals surface area (Å²) in [7, 11) is 0. The summed E-state index contributed by atoms with van der Waals surface area (Å²) in [5, 5.41) is 3.73. The van der Waals surface area contributed by atoms with Crippen LogP contribution in [0.5, 0.6) is 0 Å². The highest BCUT2D eigenvalue weighted by Gasteiger charge is 2.50. The van der Waals surface area contributed by atoms with E-state index in [0.717, 1.165) is 24.3 Å². The molecule has 0 saturated heterocycles. The molecular formula is C17H20Cl2N2O. The van der Waals surface area contributed by atoms with Crippen LogP contribution in [0.4, 0.5) is 0 Å². The molecule has 22 heavy (non-hydrogen) atoms. The lowest BCUT2D eigenvalue weighted by Gasteiger charge is -2.56. The topological polar surface area (TPSA) is 42.0 Å². The van der Waals surface area contributed by atoms with Crippen molar-refractivity contribution in [2.75, 3.05) is 6.54 Å². The molecule has 0 aromatic carbocycles. The molecule has 0 spiro atoms. The number of aromatic nitrogens is 1. The maximum absolute atomic E-state index is 12.4. The molecule has 4 fully saturated rings. The van der Waals surface area contributed by atoms with Crippen LogP contribution in [0.2, 0.25) is 10.2 Å². The zero-order chi connectivity index (χ0) is 15.3. The van der Waals surface area contributed by atoms with Crippen LogP contribution < -0.4 is 5.32 Å². The van der Waals surface area contributed by atoms with Crippen LogP contribution in [-0.2, 0) is 0 Å². The molecule has 5 rings (SSSR count). The van der Waals surface area contributed by atoms with E-state index in [1.165, 1.54) is 38.5 Å². The first-order chi connectivity index (χ1) is 10.5. The molecule has 118 valence electrons. The molecule has 1 amide bonds. The summed E-state index contributed by atoms with van der Waals surface area (Å²) in [6.07, 6.45) is 8.06. The summed E-state index contributed by atoms with van der Waals surface area (Å²) in [5.74, 6) is 2.45. The molecule has 0 atom stereocenters. The van der Waals surface area contributed by atoms with E-state index in [0.29, 0.717) is 15.6 Å². The second-order valence-electron chi connectivity index (χ2n) is 7.56. The summed E-state index contributed by atoms with van der Waals surface area (Å²) in [6.45, 7) is 0.750. The van der Waals surface area contributed by atoms with Crippen LogP contribution in [0.15, 0.2) is 12.1 Å². The van der Waals surface area contributed by atoms with E-state index in [1.54, 1.807) is 12.1 Å². The first-order valence-corrected chi connectivity index (χ1v) is 8.89. The van der Waals surface area contributed by atoms with Crippen LogP contribution in [0.1, 0.15) is 49.0 Å². The second kappa shape index (κ2) is 5.38. The van der Waals surface area contributed by atoms with Gasteiger partial charge >= 0.3 is 0 Å². The minimum atomic E-state index is -0.205. The summed E-state index contributed by atoms with van der Waals surface area (Å²) in [4.78, 5) is 16.5. The van der Waals surface area contributed by atoms with Gasteiger partial charge in [0.05, 0.1) is 5.02 Å². The van der Waals surface area contributed by atoms with Crippen molar-refractivity contribution >= 4 is 29.1 Å². The minimum Gasteiger partial charge on any atom is -0.350 e. The van der Waals surface area contributed by atoms with E-state index in [1.807, 2.05) is 0 Å². The SMILES string of the molecule is O=C(NCC12CC3CC(CC(C3)C1)C2)c1nc(Cl)ccc1Cl. The number of carbonyl (C=O) groups excluding carboxylic acids is 1. The van der Waals surface area contributed by atoms with Crippen molar-refractivity contribution in [3.8, 4) is 0 Å². The molecule has 1 heterocycles. The largest absolute Gasteiger partial charge is 0.350 e. The molecule has 4 saturated carbocycles. The van der Waals surface area contributed by atoms with E-state index in [4.69, 9.17) is 23.2 Å². The fraction of sp³-hybridized carbons (Fsp3) is 0.647. The van der Waals surface area contributed by atoms with E-state index in [-0.39, 0.29) is 11.6 Å². The van der Waals surface area contributed by atoms with Crippen LogP contribution >= 0.6 is 23.2 Å². The predicted octanol–water partition coefficient (Wildman–Crippen LogP) is 4.33. The molecule has 1 N–H and O–H groups in total. The number of halogens is 2. The summed E-state index contributed by atoms with van der Waals surface area (Å²) >= 11 is 11.9. The fourth-order valence-electron chi connectivity index (χ4n) is 5.44. The zero-order valence-corrected chi connectivity index (χ0v) is 14.0. The van der Waals surface area contributed by atoms with Gasteiger partial charge in [-0.05, 0) is 73.8 Å². The van der Waals surface area contributed by atoms with Gasteiger partial charge in [-0.1, -0.05) is 23.2 Å². The normalized spacial score (nSPS) is 35.6. The van der Waals surface area contributed by atoms with Gasteiger partial charge in [-0.15, -0.1) is 0 Å². The number of hydrogen-bond acceptors (Lipinski definition) is 2. The molecule has 4 aliphatic carbocycles. The van der Waals surface area contributed by atoms with Crippen molar-refractivity contribution in [1.29, 1.82) is 0 Å². The van der Waals surface area contributed by atoms with Crippen molar-refractivity contribution in [3.05, 3.63) is 28.0 Å². The average molecular weight is 339 g/mol. The number of rotatable bonds is 3. The van der Waals surface area contributed by atoms with Crippen molar-refractivity contribution in [1.82, 2.24) is 10.3 Å². The molecular weight excluding hydrogens is 319 g/mol. The Hall–Kier alpha value is -0.800. The standard InChI is InChI=1S/C17H20Cl2N2O/c18-13-1-2-14(19)21-15(13)16(22)20-9-17-6-10-3-11(7-17)5-12(4-10)8-17/h1-2,10-12H,3-9H2,(H,20,22). The van der Waals surface area contributed by atoms with Gasteiger partial charge in [0, 0.05) is 6.54 Å². The van der Waals surface area contributed by atoms with Crippen molar-refractivity contribution in [2.45, 2.75) is 38.5 Å². The maximum atomic E-state index is 12.4. The molecule has 3 nitrogen and oxygen atoms in total. The van der Waals surface area contributed by atoms with E-state index < -0.39 is 0 Å². The van der Waals surface area contributed by atoms with Crippen LogP contribution in [0.25, 0.3) is 0 Å². The van der Waals surface area contributed by atoms with Gasteiger partial charge in [0.25, 0.3) is 5.91 Å². The van der Waals surface area contributed by atoms with Crippen molar-refractivity contribution < 1.29 is 4.79 Å². The van der Waals surface area contributed by atoms with Gasteiger partial charge < -0.3 is 5.32 Å². The van der Waals surface area contributed by atoms with Gasteiger partial charge in [0.15, 0.2) is 0 Å². The molecule has 4 bridgehead atoms. The van der Waals surface area contributed by atoms with Crippen molar-refractivity contribution in [2.24, 2.45) is 23.2 Å². The Kier molecular flexibility index (Phi) is 3.61. The molecule has 5 heteroatoms. The number of amides is 1. The zero-order valence-electron chi connectivity index (χ0n) is 12.4. The van der Waals surface area contributed by atoms with E-state index in [9.17, 15) is 4.79 Å². The third-order valence-corrected chi connectivity index (χ3v) is 6.33. The fourth-order valence-corrected chi connectivity index (χ4v) is 5.77. The summed E-state index contributed by atoms with van der Waals surface area (Å²) in [5.41, 5.74) is 0.550. The second-order valence-corrected chi connectivity index (χ2v) is 8.36. The Balaban J connectivity index is 1.46. The third kappa shape index (κ3) is 2.63. The Morgan fingerprint density at radius 2 is 1.73 bits per heavy atom. The third-order valence-electron chi connectivity index (χ3n) is 5.82. The number of nitrogens with one attached hydrogen (secondary N) is 1. The van der Waals surface area contributed by atoms with Gasteiger partial charge in [0.2, 0.25) is 0 Å². The van der Waals surface area contributed by atoms with Gasteiger partial charge in [0.1, 0.15) is 10.8 Å². The summed E-state index contributed by atoms with van der Waals surface area (Å²) in [6, 6.07) is 3.22. The van der Waals surface area contributed by atoms with E-state index in [2.05, 4.69) is 10.3 Å². The lowest BCUT2D eigenvalue weighted by molar-refractivity contribution is -0.0503. The molecule has 0 unspecified atom stereocenters. The Morgan fingerprint density at radius 1 is 1.14 bits per heavy atom. The number of hydrogen-bond donors (Lipinski definition) is 1. The maximum Gasteiger partial charge on any atom is 0.271 e. The van der Waals surface area contributed by atoms with Gasteiger partial charge in [-0.2, -0.15) is 0 Å². The first-order valence-electron chi connectivity index (χ1n) is 8.13. The monoisotopic (exact) mass is 338 g/mol. The number of nitrogens with zero attached hydrogens (tertiary/aromatic N) is 1. The van der Waals surface area contributed by atoms with E-state index >= 15 is 0 Å². The molecule has 0 radical (unpaired) electrons. The highest BCUT2D eigenvalue weighted by atomic mass is 35.5. The lowest BCUT2D eigenvalue weighted by Crippen LogP contribution is -2.51. The number of pyridine rings is 1. The van der Waals surface area contributed by atoms with Crippen molar-refractivity contribution in [3.63, 3.8) is 0 Å². The minimum absolute atomic E-state index is 0.205. The molecule has 1 aromatic rings. The Morgan fingerprint density at radius 3 is 2.32 bits per heavy atom. The first kappa shape index (κ1) is 14.8. The predicted molar refractivity (Wildman–Crippen MR) is 87.2 cm³/mol. The number of carbonyl (C=O) groups is 1. The summed E-state index contributed by atoms with van der Waals surface area (Å²) < 4.78 is 0. The smallest absolute Gasteiger partial charge is 0.271 e. The molecule has 1 aromatic heterocycles. The van der Waals surface area contributed by atoms with Crippen LogP contribution in [-0.4, -0.2) is 17.4 Å². The lowest BCUT2D eigenvalue weighted by atomic mass is 9.49.